The Hall–Kier alpha value is -3.20. The molecule has 0 unspecified atom stereocenters. The molecule has 1 saturated heterocycles. The molecule has 1 aromatic heterocycles. The first-order valence-electron chi connectivity index (χ1n) is 8.31. The third-order valence-electron chi connectivity index (χ3n) is 4.60. The predicted molar refractivity (Wildman–Crippen MR) is 98.2 cm³/mol. The number of hydrogen-bond acceptors (Lipinski definition) is 5. The average Bonchev–Trinajstić information content (AvgIpc) is 3.11. The van der Waals surface area contributed by atoms with Crippen LogP contribution in [0.3, 0.4) is 0 Å². The number of rotatable bonds is 3. The Labute approximate surface area is 146 Å². The lowest BCUT2D eigenvalue weighted by Gasteiger charge is -2.36. The number of anilines is 2. The van der Waals surface area contributed by atoms with E-state index in [-0.39, 0.29) is 0 Å². The van der Waals surface area contributed by atoms with Crippen molar-refractivity contribution in [2.45, 2.75) is 0 Å². The summed E-state index contributed by atoms with van der Waals surface area (Å²) in [6.07, 6.45) is 0. The number of piperazine rings is 1. The quantitative estimate of drug-likeness (QED) is 0.798. The molecular weight excluding hydrogens is 314 g/mol. The molecule has 1 aliphatic rings. The highest BCUT2D eigenvalue weighted by molar-refractivity contribution is 5.79. The average molecular weight is 333 g/mol. The van der Waals surface area contributed by atoms with Gasteiger partial charge in [-0.05, 0) is 30.3 Å². The molecule has 3 aromatic rings. The number of hydrogen-bond donors (Lipinski definition) is 1. The first-order chi connectivity index (χ1) is 12.3. The van der Waals surface area contributed by atoms with E-state index in [2.05, 4.69) is 31.9 Å². The van der Waals surface area contributed by atoms with Crippen LogP contribution in [0.5, 0.6) is 5.75 Å². The number of nitriles is 1. The number of fused-ring (bicyclic) bond motifs is 1. The van der Waals surface area contributed by atoms with Gasteiger partial charge >= 0.3 is 0 Å². The summed E-state index contributed by atoms with van der Waals surface area (Å²) in [4.78, 5) is 12.6. The highest BCUT2D eigenvalue weighted by Crippen LogP contribution is 2.29. The molecule has 4 rings (SSSR count). The molecule has 0 atom stereocenters. The van der Waals surface area contributed by atoms with Crippen LogP contribution in [0.15, 0.2) is 42.5 Å². The molecule has 0 bridgehead atoms. The highest BCUT2D eigenvalue weighted by atomic mass is 16.5. The van der Waals surface area contributed by atoms with E-state index in [0.29, 0.717) is 5.56 Å². The lowest BCUT2D eigenvalue weighted by Crippen LogP contribution is -2.47. The van der Waals surface area contributed by atoms with Crippen molar-refractivity contribution in [3.05, 3.63) is 48.0 Å². The Morgan fingerprint density at radius 3 is 2.60 bits per heavy atom. The summed E-state index contributed by atoms with van der Waals surface area (Å²) < 4.78 is 5.47. The predicted octanol–water partition coefficient (Wildman–Crippen LogP) is 2.77. The molecular formula is C19H19N5O. The highest BCUT2D eigenvalue weighted by Gasteiger charge is 2.21. The van der Waals surface area contributed by atoms with E-state index >= 15 is 0 Å². The molecule has 0 aliphatic carbocycles. The van der Waals surface area contributed by atoms with Crippen molar-refractivity contribution in [3.63, 3.8) is 0 Å². The standard InChI is InChI=1S/C19H19N5O/c1-25-18-5-3-2-4-17(18)23-8-10-24(11-9-23)19-21-15-7-6-14(13-20)12-16(15)22-19/h2-7,12H,8-11H2,1H3,(H,21,22). The number of para-hydroxylation sites is 2. The molecule has 1 N–H and O–H groups in total. The maximum absolute atomic E-state index is 9.02. The zero-order valence-corrected chi connectivity index (χ0v) is 14.1. The maximum Gasteiger partial charge on any atom is 0.203 e. The summed E-state index contributed by atoms with van der Waals surface area (Å²) in [7, 11) is 1.71. The van der Waals surface area contributed by atoms with Crippen LogP contribution in [0.2, 0.25) is 0 Å². The van der Waals surface area contributed by atoms with E-state index in [9.17, 15) is 0 Å². The Balaban J connectivity index is 1.51. The Morgan fingerprint density at radius 1 is 1.08 bits per heavy atom. The van der Waals surface area contributed by atoms with Crippen molar-refractivity contribution in [1.82, 2.24) is 9.97 Å². The molecule has 0 amide bonds. The summed E-state index contributed by atoms with van der Waals surface area (Å²) in [6, 6.07) is 15.8. The molecule has 2 aromatic carbocycles. The first kappa shape index (κ1) is 15.3. The summed E-state index contributed by atoms with van der Waals surface area (Å²) >= 11 is 0. The van der Waals surface area contributed by atoms with Crippen LogP contribution in [-0.2, 0) is 0 Å². The second-order valence-electron chi connectivity index (χ2n) is 6.05. The van der Waals surface area contributed by atoms with E-state index in [1.54, 1.807) is 13.2 Å². The van der Waals surface area contributed by atoms with Gasteiger partial charge in [-0.1, -0.05) is 12.1 Å². The molecule has 2 heterocycles. The fourth-order valence-corrected chi connectivity index (χ4v) is 3.27. The van der Waals surface area contributed by atoms with Gasteiger partial charge in [0.05, 0.1) is 35.5 Å². The van der Waals surface area contributed by atoms with E-state index < -0.39 is 0 Å². The van der Waals surface area contributed by atoms with Gasteiger partial charge in [0.1, 0.15) is 5.75 Å². The van der Waals surface area contributed by atoms with Gasteiger partial charge in [-0.15, -0.1) is 0 Å². The number of ether oxygens (including phenoxy) is 1. The minimum atomic E-state index is 0.642. The van der Waals surface area contributed by atoms with Crippen LogP contribution in [0.1, 0.15) is 5.56 Å². The Bertz CT molecular complexity index is 934. The minimum absolute atomic E-state index is 0.642. The van der Waals surface area contributed by atoms with Gasteiger partial charge in [0.15, 0.2) is 0 Å². The smallest absolute Gasteiger partial charge is 0.203 e. The minimum Gasteiger partial charge on any atom is -0.495 e. The second-order valence-corrected chi connectivity index (χ2v) is 6.05. The van der Waals surface area contributed by atoms with Gasteiger partial charge in [-0.3, -0.25) is 0 Å². The monoisotopic (exact) mass is 333 g/mol. The van der Waals surface area contributed by atoms with Gasteiger partial charge in [0.2, 0.25) is 5.95 Å². The molecule has 6 heteroatoms. The number of imidazole rings is 1. The van der Waals surface area contributed by atoms with Crippen LogP contribution in [-0.4, -0.2) is 43.3 Å². The number of nitrogens with zero attached hydrogens (tertiary/aromatic N) is 4. The number of methoxy groups -OCH3 is 1. The summed E-state index contributed by atoms with van der Waals surface area (Å²) in [5.74, 6) is 1.77. The summed E-state index contributed by atoms with van der Waals surface area (Å²) in [5.41, 5.74) is 3.57. The number of benzene rings is 2. The summed E-state index contributed by atoms with van der Waals surface area (Å²) in [5, 5.41) is 9.02. The third kappa shape index (κ3) is 2.85. The van der Waals surface area contributed by atoms with Crippen LogP contribution in [0.25, 0.3) is 11.0 Å². The molecule has 0 radical (unpaired) electrons. The van der Waals surface area contributed by atoms with E-state index in [1.807, 2.05) is 30.3 Å². The van der Waals surface area contributed by atoms with Crippen LogP contribution in [0.4, 0.5) is 11.6 Å². The van der Waals surface area contributed by atoms with Gasteiger partial charge < -0.3 is 19.5 Å². The van der Waals surface area contributed by atoms with Gasteiger partial charge in [0, 0.05) is 26.2 Å². The van der Waals surface area contributed by atoms with Crippen molar-refractivity contribution in [3.8, 4) is 11.8 Å². The lowest BCUT2D eigenvalue weighted by molar-refractivity contribution is 0.413. The molecule has 0 saturated carbocycles. The molecule has 0 spiro atoms. The third-order valence-corrected chi connectivity index (χ3v) is 4.60. The van der Waals surface area contributed by atoms with Gasteiger partial charge in [0.25, 0.3) is 0 Å². The van der Waals surface area contributed by atoms with Crippen molar-refractivity contribution < 1.29 is 4.74 Å². The molecule has 6 nitrogen and oxygen atoms in total. The molecule has 1 aliphatic heterocycles. The van der Waals surface area contributed by atoms with E-state index in [0.717, 1.165) is 54.6 Å². The Morgan fingerprint density at radius 2 is 1.84 bits per heavy atom. The largest absolute Gasteiger partial charge is 0.495 e. The SMILES string of the molecule is COc1ccccc1N1CCN(c2nc3ccc(C#N)cc3[nH]2)CC1. The zero-order valence-electron chi connectivity index (χ0n) is 14.1. The van der Waals surface area contributed by atoms with Crippen LogP contribution in [0, 0.1) is 11.3 Å². The molecule has 25 heavy (non-hydrogen) atoms. The topological polar surface area (TPSA) is 68.2 Å². The fourth-order valence-electron chi connectivity index (χ4n) is 3.27. The van der Waals surface area contributed by atoms with Crippen LogP contribution >= 0.6 is 0 Å². The van der Waals surface area contributed by atoms with Crippen LogP contribution < -0.4 is 14.5 Å². The lowest BCUT2D eigenvalue weighted by atomic mass is 10.2. The second kappa shape index (κ2) is 6.36. The number of nitrogens with one attached hydrogen (secondary N) is 1. The number of aromatic amines is 1. The number of aromatic nitrogens is 2. The normalized spacial score (nSPS) is 14.6. The molecule has 126 valence electrons. The number of H-pyrrole nitrogens is 1. The van der Waals surface area contributed by atoms with E-state index in [4.69, 9.17) is 10.00 Å². The summed E-state index contributed by atoms with van der Waals surface area (Å²) in [6.45, 7) is 3.56. The molecule has 1 fully saturated rings. The van der Waals surface area contributed by atoms with Gasteiger partial charge in [-0.25, -0.2) is 4.98 Å². The zero-order chi connectivity index (χ0) is 17.2. The first-order valence-corrected chi connectivity index (χ1v) is 8.31. The van der Waals surface area contributed by atoms with E-state index in [1.165, 1.54) is 0 Å². The van der Waals surface area contributed by atoms with Crippen molar-refractivity contribution >= 4 is 22.7 Å². The Kier molecular flexibility index (Phi) is 3.90. The maximum atomic E-state index is 9.02. The van der Waals surface area contributed by atoms with Gasteiger partial charge in [-0.2, -0.15) is 5.26 Å². The van der Waals surface area contributed by atoms with Crippen molar-refractivity contribution in [1.29, 1.82) is 5.26 Å². The fraction of sp³-hybridized carbons (Fsp3) is 0.263. The van der Waals surface area contributed by atoms with Crippen molar-refractivity contribution in [2.24, 2.45) is 0 Å². The van der Waals surface area contributed by atoms with Crippen molar-refractivity contribution in [2.75, 3.05) is 43.1 Å².